The van der Waals surface area contributed by atoms with Crippen molar-refractivity contribution in [2.24, 2.45) is 56.7 Å². The summed E-state index contributed by atoms with van der Waals surface area (Å²) < 4.78 is 11.3. The van der Waals surface area contributed by atoms with Crippen LogP contribution in [0.3, 0.4) is 0 Å². The molecule has 4 unspecified atom stereocenters. The lowest BCUT2D eigenvalue weighted by atomic mass is 9.34. The van der Waals surface area contributed by atoms with Crippen LogP contribution < -0.4 is 0 Å². The number of fused-ring (bicyclic) bond motifs is 7. The van der Waals surface area contributed by atoms with Gasteiger partial charge in [0.1, 0.15) is 6.10 Å². The molecular formula is C41H64O7. The highest BCUT2D eigenvalue weighted by atomic mass is 16.5. The van der Waals surface area contributed by atoms with Gasteiger partial charge in [-0.15, -0.1) is 0 Å². The monoisotopic (exact) mass is 668 g/mol. The molecule has 4 saturated carbocycles. The number of rotatable bonds is 8. The highest BCUT2D eigenvalue weighted by Crippen LogP contribution is 2.74. The molecule has 0 spiro atoms. The van der Waals surface area contributed by atoms with Crippen molar-refractivity contribution in [1.29, 1.82) is 0 Å². The van der Waals surface area contributed by atoms with Gasteiger partial charge < -0.3 is 24.8 Å². The van der Waals surface area contributed by atoms with E-state index in [1.165, 1.54) is 11.1 Å². The number of ether oxygens (including phenoxy) is 2. The highest BCUT2D eigenvalue weighted by Gasteiger charge is 2.69. The molecule has 48 heavy (non-hydrogen) atoms. The van der Waals surface area contributed by atoms with Gasteiger partial charge in [-0.3, -0.25) is 4.79 Å². The fraction of sp³-hybridized carbons (Fsp3) is 0.805. The Labute approximate surface area is 289 Å². The number of carbonyl (C=O) groups excluding carboxylic acids is 1. The van der Waals surface area contributed by atoms with Gasteiger partial charge in [-0.1, -0.05) is 77.8 Å². The Morgan fingerprint density at radius 3 is 2.29 bits per heavy atom. The van der Waals surface area contributed by atoms with Crippen molar-refractivity contribution in [3.05, 3.63) is 34.9 Å². The molecule has 0 bridgehead atoms. The molecule has 0 amide bonds. The topological polar surface area (TPSA) is 113 Å². The second-order valence-electron chi connectivity index (χ2n) is 18.4. The molecule has 0 heterocycles. The van der Waals surface area contributed by atoms with E-state index in [0.29, 0.717) is 43.3 Å². The van der Waals surface area contributed by atoms with Gasteiger partial charge in [0.25, 0.3) is 0 Å². The van der Waals surface area contributed by atoms with Gasteiger partial charge >= 0.3 is 11.9 Å². The Bertz CT molecular complexity index is 1360. The fourth-order valence-electron chi connectivity index (χ4n) is 12.2. The van der Waals surface area contributed by atoms with Crippen molar-refractivity contribution in [3.63, 3.8) is 0 Å². The lowest BCUT2D eigenvalue weighted by Crippen LogP contribution is -2.66. The number of aliphatic hydroxyl groups excluding tert-OH is 2. The maximum absolute atomic E-state index is 13.4. The maximum atomic E-state index is 13.4. The van der Waals surface area contributed by atoms with E-state index in [1.54, 1.807) is 14.0 Å². The van der Waals surface area contributed by atoms with Crippen LogP contribution in [-0.4, -0.2) is 59.3 Å². The summed E-state index contributed by atoms with van der Waals surface area (Å²) in [5.74, 6) is -2.27. The molecule has 5 aliphatic rings. The lowest BCUT2D eigenvalue weighted by molar-refractivity contribution is -0.218. The van der Waals surface area contributed by atoms with Crippen LogP contribution in [0.25, 0.3) is 0 Å². The first-order chi connectivity index (χ1) is 22.3. The van der Waals surface area contributed by atoms with E-state index in [4.69, 9.17) is 9.47 Å². The quantitative estimate of drug-likeness (QED) is 0.137. The normalized spacial score (nSPS) is 43.5. The van der Waals surface area contributed by atoms with Crippen LogP contribution in [0.15, 0.2) is 34.9 Å². The molecule has 3 N–H and O–H groups in total. The van der Waals surface area contributed by atoms with Crippen LogP contribution in [0.4, 0.5) is 0 Å². The molecule has 270 valence electrons. The van der Waals surface area contributed by atoms with Crippen LogP contribution >= 0.6 is 0 Å². The molecule has 0 aromatic carbocycles. The predicted molar refractivity (Wildman–Crippen MR) is 188 cm³/mol. The summed E-state index contributed by atoms with van der Waals surface area (Å²) in [4.78, 5) is 26.6. The second kappa shape index (κ2) is 13.0. The third-order valence-corrected chi connectivity index (χ3v) is 15.1. The molecule has 4 fully saturated rings. The number of hydrogen-bond acceptors (Lipinski definition) is 6. The molecule has 0 radical (unpaired) electrons. The fourth-order valence-corrected chi connectivity index (χ4v) is 12.2. The minimum absolute atomic E-state index is 0.0577. The number of esters is 1. The molecule has 5 aliphatic carbocycles. The zero-order chi connectivity index (χ0) is 35.6. The zero-order valence-electron chi connectivity index (χ0n) is 31.4. The van der Waals surface area contributed by atoms with Crippen LogP contribution in [0.1, 0.15) is 120 Å². The summed E-state index contributed by atoms with van der Waals surface area (Å²) in [5.41, 5.74) is 1.98. The first-order valence-electron chi connectivity index (χ1n) is 18.6. The summed E-state index contributed by atoms with van der Waals surface area (Å²) in [6.07, 6.45) is 11.9. The van der Waals surface area contributed by atoms with Crippen LogP contribution in [0.5, 0.6) is 0 Å². The minimum Gasteiger partial charge on any atom is -0.481 e. The number of carboxylic acids is 1. The molecule has 11 atom stereocenters. The Kier molecular flexibility index (Phi) is 10.1. The Morgan fingerprint density at radius 1 is 0.958 bits per heavy atom. The zero-order valence-corrected chi connectivity index (χ0v) is 31.4. The standard InChI is InChI=1S/C41H64O7/c1-24(18-21-47-10)12-11-13-25(2)36(46)48-34-33(35(44)45)32-26(22-37(34,3)4)27-14-15-30-39(7)19-17-31(43)38(5,6)29(39)16-20-40(30,8)41(27,9)23-28(32)42/h13-14,18,26,28-34,42-43H,11-12,15-17,19-23H2,1-10H3,(H,44,45)/b24-18+,25-13+/t26?,28-,29?,30?,31+,32?,33+,34+,39+,40-,41-/m1/s1. The van der Waals surface area contributed by atoms with Crippen molar-refractivity contribution >= 4 is 11.9 Å². The van der Waals surface area contributed by atoms with Crippen LogP contribution in [-0.2, 0) is 19.1 Å². The van der Waals surface area contributed by atoms with Gasteiger partial charge in [-0.2, -0.15) is 0 Å². The van der Waals surface area contributed by atoms with Crippen molar-refractivity contribution in [2.45, 2.75) is 138 Å². The van der Waals surface area contributed by atoms with Gasteiger partial charge in [0.05, 0.1) is 24.7 Å². The number of aliphatic hydroxyl groups is 2. The van der Waals surface area contributed by atoms with E-state index in [9.17, 15) is 24.9 Å². The molecule has 0 aromatic rings. The Morgan fingerprint density at radius 2 is 1.65 bits per heavy atom. The van der Waals surface area contributed by atoms with Gasteiger partial charge in [0, 0.05) is 24.0 Å². The minimum atomic E-state index is -1.01. The van der Waals surface area contributed by atoms with E-state index >= 15 is 0 Å². The van der Waals surface area contributed by atoms with Crippen molar-refractivity contribution in [2.75, 3.05) is 13.7 Å². The number of aliphatic carboxylic acids is 1. The number of carboxylic acid groups (broad SMARTS) is 1. The number of methoxy groups -OCH3 is 1. The molecule has 7 nitrogen and oxygen atoms in total. The second-order valence-corrected chi connectivity index (χ2v) is 18.4. The molecule has 7 heteroatoms. The van der Waals surface area contributed by atoms with E-state index < -0.39 is 41.4 Å². The highest BCUT2D eigenvalue weighted by molar-refractivity contribution is 5.88. The predicted octanol–water partition coefficient (Wildman–Crippen LogP) is 7.90. The molecular weight excluding hydrogens is 604 g/mol. The maximum Gasteiger partial charge on any atom is 0.333 e. The van der Waals surface area contributed by atoms with Crippen LogP contribution in [0, 0.1) is 56.7 Å². The van der Waals surface area contributed by atoms with Gasteiger partial charge in [-0.05, 0) is 111 Å². The summed E-state index contributed by atoms with van der Waals surface area (Å²) in [7, 11) is 1.66. The average Bonchev–Trinajstić information content (AvgIpc) is 2.98. The molecule has 0 saturated heterocycles. The van der Waals surface area contributed by atoms with Gasteiger partial charge in [0.2, 0.25) is 0 Å². The van der Waals surface area contributed by atoms with E-state index in [2.05, 4.69) is 40.7 Å². The van der Waals surface area contributed by atoms with E-state index in [0.717, 1.165) is 38.5 Å². The summed E-state index contributed by atoms with van der Waals surface area (Å²) in [6, 6.07) is 0. The molecule has 5 rings (SSSR count). The Hall–Kier alpha value is -1.96. The average molecular weight is 669 g/mol. The van der Waals surface area contributed by atoms with Crippen molar-refractivity contribution in [1.82, 2.24) is 0 Å². The van der Waals surface area contributed by atoms with Gasteiger partial charge in [0.15, 0.2) is 0 Å². The van der Waals surface area contributed by atoms with Crippen molar-refractivity contribution < 1.29 is 34.4 Å². The van der Waals surface area contributed by atoms with E-state index in [1.807, 2.05) is 32.9 Å². The lowest BCUT2D eigenvalue weighted by Gasteiger charge is -2.71. The number of allylic oxidation sites excluding steroid dienone is 4. The van der Waals surface area contributed by atoms with Crippen LogP contribution in [0.2, 0.25) is 0 Å². The smallest absolute Gasteiger partial charge is 0.333 e. The van der Waals surface area contributed by atoms with E-state index in [-0.39, 0.29) is 33.7 Å². The molecule has 0 aromatic heterocycles. The van der Waals surface area contributed by atoms with Crippen molar-refractivity contribution in [3.8, 4) is 0 Å². The SMILES string of the molecule is COC/C=C(\C)CC/C=C(\C)C(=O)O[C@H]1[C@@H](C(=O)O)C2C(CC1(C)C)C1=CCC3[C@@]4(C)CC[C@H](O)C(C)(C)C4CC[C@@]3(C)[C@]1(C)C[C@H]2O. The first kappa shape index (κ1) is 37.3. The summed E-state index contributed by atoms with van der Waals surface area (Å²) in [6.45, 7) is 20.2. The summed E-state index contributed by atoms with van der Waals surface area (Å²) in [5, 5.41) is 33.9. The summed E-state index contributed by atoms with van der Waals surface area (Å²) >= 11 is 0. The third-order valence-electron chi connectivity index (χ3n) is 15.1. The first-order valence-corrected chi connectivity index (χ1v) is 18.6. The van der Waals surface area contributed by atoms with Gasteiger partial charge in [-0.25, -0.2) is 4.79 Å². The number of hydrogen-bond donors (Lipinski definition) is 3. The Balaban J connectivity index is 1.44. The largest absolute Gasteiger partial charge is 0.481 e. The third kappa shape index (κ3) is 5.86. The number of carbonyl (C=O) groups is 2. The molecule has 0 aliphatic heterocycles.